The van der Waals surface area contributed by atoms with E-state index >= 15 is 0 Å². The summed E-state index contributed by atoms with van der Waals surface area (Å²) in [4.78, 5) is 16.8. The summed E-state index contributed by atoms with van der Waals surface area (Å²) < 4.78 is 1.68. The van der Waals surface area contributed by atoms with Crippen LogP contribution in [0.1, 0.15) is 6.92 Å². The third-order valence-electron chi connectivity index (χ3n) is 2.44. The number of thioether (sulfide) groups is 1. The van der Waals surface area contributed by atoms with Gasteiger partial charge in [0.15, 0.2) is 5.16 Å². The Morgan fingerprint density at radius 1 is 1.47 bits per heavy atom. The van der Waals surface area contributed by atoms with Crippen molar-refractivity contribution in [2.45, 2.75) is 18.6 Å². The monoisotopic (exact) mass is 246 g/mol. The summed E-state index contributed by atoms with van der Waals surface area (Å²) in [5, 5.41) is 1.39. The summed E-state index contributed by atoms with van der Waals surface area (Å²) in [5.41, 5.74) is 1.70. The first-order valence-corrected chi connectivity index (χ1v) is 6.54. The summed E-state index contributed by atoms with van der Waals surface area (Å²) in [6.07, 6.45) is 1.92. The largest absolute Gasteiger partial charge is 0.283 e. The molecule has 0 aliphatic rings. The second-order valence-corrected chi connectivity index (χ2v) is 4.74. The average molecular weight is 246 g/mol. The molecule has 0 N–H and O–H groups in total. The molecule has 0 unspecified atom stereocenters. The number of aromatic nitrogens is 2. The maximum absolute atomic E-state index is 12.3. The van der Waals surface area contributed by atoms with E-state index in [0.717, 1.165) is 16.2 Å². The lowest BCUT2D eigenvalue weighted by molar-refractivity contribution is 0.652. The topological polar surface area (TPSA) is 34.9 Å². The molecule has 0 spiro atoms. The van der Waals surface area contributed by atoms with E-state index < -0.39 is 0 Å². The van der Waals surface area contributed by atoms with Crippen LogP contribution in [-0.4, -0.2) is 15.8 Å². The molecule has 0 fully saturated rings. The van der Waals surface area contributed by atoms with Crippen LogP contribution in [0.25, 0.3) is 10.9 Å². The number of hydrogen-bond donors (Lipinski definition) is 0. The molecule has 0 saturated heterocycles. The number of allylic oxidation sites excluding steroid dienone is 1. The molecule has 0 radical (unpaired) electrons. The lowest BCUT2D eigenvalue weighted by Crippen LogP contribution is -2.23. The molecule has 0 aliphatic heterocycles. The van der Waals surface area contributed by atoms with Crippen LogP contribution in [0.2, 0.25) is 0 Å². The van der Waals surface area contributed by atoms with Crippen molar-refractivity contribution in [2.24, 2.45) is 0 Å². The van der Waals surface area contributed by atoms with Gasteiger partial charge in [0.1, 0.15) is 0 Å². The van der Waals surface area contributed by atoms with E-state index in [1.807, 2.05) is 37.4 Å². The standard InChI is InChI=1S/C13H14N2OS/c1-9(2)8-15-12(16)10-6-4-5-7-11(10)14-13(15)17-3/h4-7H,1,8H2,2-3H3. The smallest absolute Gasteiger partial charge is 0.262 e. The molecule has 17 heavy (non-hydrogen) atoms. The van der Waals surface area contributed by atoms with Crippen LogP contribution in [0.5, 0.6) is 0 Å². The zero-order valence-electron chi connectivity index (χ0n) is 9.93. The van der Waals surface area contributed by atoms with E-state index in [2.05, 4.69) is 11.6 Å². The molecule has 0 saturated carbocycles. The summed E-state index contributed by atoms with van der Waals surface area (Å²) in [6, 6.07) is 7.42. The Labute approximate surface area is 104 Å². The minimum atomic E-state index is 0.00273. The van der Waals surface area contributed by atoms with Gasteiger partial charge in [0.05, 0.1) is 10.9 Å². The minimum Gasteiger partial charge on any atom is -0.283 e. The van der Waals surface area contributed by atoms with Crippen LogP contribution in [-0.2, 0) is 6.54 Å². The summed E-state index contributed by atoms with van der Waals surface area (Å²) in [7, 11) is 0. The van der Waals surface area contributed by atoms with Gasteiger partial charge < -0.3 is 0 Å². The van der Waals surface area contributed by atoms with E-state index in [9.17, 15) is 4.79 Å². The highest BCUT2D eigenvalue weighted by atomic mass is 32.2. The number of benzene rings is 1. The molecule has 0 amide bonds. The minimum absolute atomic E-state index is 0.00273. The number of hydrogen-bond acceptors (Lipinski definition) is 3. The average Bonchev–Trinajstić information content (AvgIpc) is 2.32. The first kappa shape index (κ1) is 11.9. The van der Waals surface area contributed by atoms with Crippen molar-refractivity contribution in [1.29, 1.82) is 0 Å². The summed E-state index contributed by atoms with van der Waals surface area (Å²) in [6.45, 7) is 6.28. The Balaban J connectivity index is 2.76. The predicted molar refractivity (Wildman–Crippen MR) is 72.6 cm³/mol. The van der Waals surface area contributed by atoms with E-state index in [1.165, 1.54) is 11.8 Å². The summed E-state index contributed by atoms with van der Waals surface area (Å²) >= 11 is 1.48. The Bertz CT molecular complexity index is 631. The zero-order chi connectivity index (χ0) is 12.4. The van der Waals surface area contributed by atoms with Crippen molar-refractivity contribution in [3.8, 4) is 0 Å². The van der Waals surface area contributed by atoms with Gasteiger partial charge in [-0.05, 0) is 25.3 Å². The Morgan fingerprint density at radius 3 is 2.82 bits per heavy atom. The van der Waals surface area contributed by atoms with Crippen LogP contribution in [0.15, 0.2) is 46.4 Å². The quantitative estimate of drug-likeness (QED) is 0.474. The van der Waals surface area contributed by atoms with Crippen LogP contribution < -0.4 is 5.56 Å². The highest BCUT2D eigenvalue weighted by Gasteiger charge is 2.09. The molecule has 1 heterocycles. The molecule has 3 nitrogen and oxygen atoms in total. The molecule has 2 rings (SSSR count). The zero-order valence-corrected chi connectivity index (χ0v) is 10.8. The van der Waals surface area contributed by atoms with Gasteiger partial charge in [-0.3, -0.25) is 9.36 Å². The van der Waals surface area contributed by atoms with Gasteiger partial charge in [0.2, 0.25) is 0 Å². The lowest BCUT2D eigenvalue weighted by atomic mass is 10.2. The highest BCUT2D eigenvalue weighted by Crippen LogP contribution is 2.15. The molecule has 4 heteroatoms. The van der Waals surface area contributed by atoms with Crippen molar-refractivity contribution in [1.82, 2.24) is 9.55 Å². The van der Waals surface area contributed by atoms with Gasteiger partial charge in [-0.25, -0.2) is 4.98 Å². The maximum Gasteiger partial charge on any atom is 0.262 e. The third kappa shape index (κ3) is 2.26. The fourth-order valence-electron chi connectivity index (χ4n) is 1.71. The number of para-hydroxylation sites is 1. The predicted octanol–water partition coefficient (Wildman–Crippen LogP) is 2.69. The van der Waals surface area contributed by atoms with Crippen LogP contribution in [0, 0.1) is 0 Å². The molecule has 1 aromatic heterocycles. The van der Waals surface area contributed by atoms with Crippen molar-refractivity contribution in [2.75, 3.05) is 6.26 Å². The molecule has 0 aliphatic carbocycles. The Morgan fingerprint density at radius 2 is 2.18 bits per heavy atom. The van der Waals surface area contributed by atoms with Crippen LogP contribution in [0.4, 0.5) is 0 Å². The van der Waals surface area contributed by atoms with Crippen LogP contribution >= 0.6 is 11.8 Å². The number of fused-ring (bicyclic) bond motifs is 1. The maximum atomic E-state index is 12.3. The van der Waals surface area contributed by atoms with E-state index in [4.69, 9.17) is 0 Å². The van der Waals surface area contributed by atoms with Gasteiger partial charge in [0, 0.05) is 6.54 Å². The van der Waals surface area contributed by atoms with E-state index in [0.29, 0.717) is 11.9 Å². The van der Waals surface area contributed by atoms with Crippen LogP contribution in [0.3, 0.4) is 0 Å². The summed E-state index contributed by atoms with van der Waals surface area (Å²) in [5.74, 6) is 0. The number of rotatable bonds is 3. The van der Waals surface area contributed by atoms with Crippen molar-refractivity contribution in [3.05, 3.63) is 46.8 Å². The Kier molecular flexibility index (Phi) is 3.33. The van der Waals surface area contributed by atoms with Crippen molar-refractivity contribution >= 4 is 22.7 Å². The number of nitrogens with zero attached hydrogens (tertiary/aromatic N) is 2. The Hall–Kier alpha value is -1.55. The normalized spacial score (nSPS) is 10.7. The van der Waals surface area contributed by atoms with Gasteiger partial charge in [-0.2, -0.15) is 0 Å². The van der Waals surface area contributed by atoms with Crippen molar-refractivity contribution in [3.63, 3.8) is 0 Å². The van der Waals surface area contributed by atoms with Gasteiger partial charge in [0.25, 0.3) is 5.56 Å². The first-order chi connectivity index (χ1) is 8.13. The second-order valence-electron chi connectivity index (χ2n) is 3.96. The van der Waals surface area contributed by atoms with E-state index in [1.54, 1.807) is 4.57 Å². The molecule has 1 aromatic carbocycles. The lowest BCUT2D eigenvalue weighted by Gasteiger charge is -2.11. The second kappa shape index (κ2) is 4.75. The molecule has 88 valence electrons. The van der Waals surface area contributed by atoms with Gasteiger partial charge in [-0.15, -0.1) is 0 Å². The highest BCUT2D eigenvalue weighted by molar-refractivity contribution is 7.98. The first-order valence-electron chi connectivity index (χ1n) is 5.31. The molecule has 2 aromatic rings. The van der Waals surface area contributed by atoms with Gasteiger partial charge in [-0.1, -0.05) is 36.0 Å². The molecular weight excluding hydrogens is 232 g/mol. The SMILES string of the molecule is C=C(C)Cn1c(SC)nc2ccccc2c1=O. The molecule has 0 bridgehead atoms. The van der Waals surface area contributed by atoms with Gasteiger partial charge >= 0.3 is 0 Å². The third-order valence-corrected chi connectivity index (χ3v) is 3.11. The molecule has 0 atom stereocenters. The van der Waals surface area contributed by atoms with E-state index in [-0.39, 0.29) is 5.56 Å². The fourth-order valence-corrected chi connectivity index (χ4v) is 2.27. The molecular formula is C13H14N2OS. The van der Waals surface area contributed by atoms with Crippen molar-refractivity contribution < 1.29 is 0 Å². The fraction of sp³-hybridized carbons (Fsp3) is 0.231.